The maximum absolute atomic E-state index is 12.4. The maximum atomic E-state index is 12.4. The molecule has 0 saturated heterocycles. The van der Waals surface area contributed by atoms with Crippen LogP contribution in [0, 0.1) is 11.3 Å². The average Bonchev–Trinajstić information content (AvgIpc) is 3.07. The van der Waals surface area contributed by atoms with Crippen LogP contribution in [0.5, 0.6) is 11.5 Å². The lowest BCUT2D eigenvalue weighted by Gasteiger charge is -2.23. The molecule has 2 atom stereocenters. The molecule has 0 amide bonds. The molecular weight excluding hydrogens is 324 g/mol. The van der Waals surface area contributed by atoms with Gasteiger partial charge < -0.3 is 9.47 Å². The van der Waals surface area contributed by atoms with Gasteiger partial charge >= 0.3 is 0 Å². The highest BCUT2D eigenvalue weighted by Crippen LogP contribution is 2.37. The summed E-state index contributed by atoms with van der Waals surface area (Å²) in [6.45, 7) is 11.2. The minimum atomic E-state index is -0.156. The van der Waals surface area contributed by atoms with E-state index in [4.69, 9.17) is 9.47 Å². The molecule has 1 aliphatic rings. The van der Waals surface area contributed by atoms with Gasteiger partial charge in [-0.05, 0) is 55.2 Å². The highest BCUT2D eigenvalue weighted by molar-refractivity contribution is 5.83. The summed E-state index contributed by atoms with van der Waals surface area (Å²) < 4.78 is 10.9. The molecule has 0 spiro atoms. The summed E-state index contributed by atoms with van der Waals surface area (Å²) in [7, 11) is 0. The number of carbonyl (C=O) groups is 1. The van der Waals surface area contributed by atoms with E-state index in [1.807, 2.05) is 6.07 Å². The normalized spacial score (nSPS) is 15.7. The van der Waals surface area contributed by atoms with Crippen molar-refractivity contribution in [2.75, 3.05) is 6.79 Å². The largest absolute Gasteiger partial charge is 0.454 e. The van der Waals surface area contributed by atoms with Crippen molar-refractivity contribution in [3.8, 4) is 11.5 Å². The number of fused-ring (bicyclic) bond motifs is 1. The minimum absolute atomic E-state index is 0.156. The minimum Gasteiger partial charge on any atom is -0.454 e. The Hall–Kier alpha value is -1.51. The number of benzene rings is 1. The SMILES string of the molecule is CCCC(C)(C)C(=O)CCCC(C)CC(CC)c1ccc2c(c1)OCO2. The first-order valence-electron chi connectivity index (χ1n) is 10.3. The molecule has 0 aromatic heterocycles. The standard InChI is InChI=1S/C23H36O3/c1-6-13-23(4,5)22(24)10-8-9-17(3)14-18(7-2)19-11-12-20-21(15-19)26-16-25-20/h11-12,15,17-18H,6-10,13-14,16H2,1-5H3. The highest BCUT2D eigenvalue weighted by atomic mass is 16.7. The molecule has 0 aliphatic carbocycles. The van der Waals surface area contributed by atoms with Crippen LogP contribution < -0.4 is 9.47 Å². The second kappa shape index (κ2) is 9.43. The Balaban J connectivity index is 1.82. The van der Waals surface area contributed by atoms with Crippen LogP contribution in [0.4, 0.5) is 0 Å². The van der Waals surface area contributed by atoms with Gasteiger partial charge in [-0.3, -0.25) is 4.79 Å². The summed E-state index contributed by atoms with van der Waals surface area (Å²) in [5.41, 5.74) is 1.18. The lowest BCUT2D eigenvalue weighted by Crippen LogP contribution is -2.23. The van der Waals surface area contributed by atoms with Crippen molar-refractivity contribution < 1.29 is 14.3 Å². The highest BCUT2D eigenvalue weighted by Gasteiger charge is 2.26. The Kier molecular flexibility index (Phi) is 7.55. The zero-order valence-corrected chi connectivity index (χ0v) is 17.3. The second-order valence-corrected chi connectivity index (χ2v) is 8.51. The van der Waals surface area contributed by atoms with Crippen molar-refractivity contribution in [2.24, 2.45) is 11.3 Å². The zero-order chi connectivity index (χ0) is 19.2. The van der Waals surface area contributed by atoms with Crippen LogP contribution in [0.25, 0.3) is 0 Å². The molecular formula is C23H36O3. The van der Waals surface area contributed by atoms with Crippen LogP contribution in [-0.2, 0) is 4.79 Å². The average molecular weight is 361 g/mol. The molecule has 0 N–H and O–H groups in total. The fraction of sp³-hybridized carbons (Fsp3) is 0.696. The topological polar surface area (TPSA) is 35.5 Å². The lowest BCUT2D eigenvalue weighted by atomic mass is 9.80. The van der Waals surface area contributed by atoms with E-state index in [0.717, 1.165) is 56.4 Å². The second-order valence-electron chi connectivity index (χ2n) is 8.51. The third-order valence-corrected chi connectivity index (χ3v) is 5.78. The van der Waals surface area contributed by atoms with E-state index in [1.165, 1.54) is 5.56 Å². The fourth-order valence-corrected chi connectivity index (χ4v) is 4.02. The summed E-state index contributed by atoms with van der Waals surface area (Å²) in [5, 5.41) is 0. The van der Waals surface area contributed by atoms with Gasteiger partial charge in [0.25, 0.3) is 0 Å². The van der Waals surface area contributed by atoms with Crippen LogP contribution >= 0.6 is 0 Å². The van der Waals surface area contributed by atoms with E-state index < -0.39 is 0 Å². The molecule has 0 radical (unpaired) electrons. The first kappa shape index (κ1) is 20.8. The maximum Gasteiger partial charge on any atom is 0.231 e. The van der Waals surface area contributed by atoms with E-state index in [1.54, 1.807) is 0 Å². The molecule has 1 aliphatic heterocycles. The quantitative estimate of drug-likeness (QED) is 0.452. The summed E-state index contributed by atoms with van der Waals surface area (Å²) in [5.74, 6) is 3.30. The lowest BCUT2D eigenvalue weighted by molar-refractivity contribution is -0.127. The van der Waals surface area contributed by atoms with E-state index in [2.05, 4.69) is 46.8 Å². The van der Waals surface area contributed by atoms with Gasteiger partial charge in [-0.2, -0.15) is 0 Å². The van der Waals surface area contributed by atoms with Gasteiger partial charge in [-0.1, -0.05) is 53.5 Å². The number of carbonyl (C=O) groups excluding carboxylic acids is 1. The molecule has 2 unspecified atom stereocenters. The predicted octanol–water partition coefficient (Wildman–Crippen LogP) is 6.50. The van der Waals surface area contributed by atoms with Gasteiger partial charge in [-0.15, -0.1) is 0 Å². The van der Waals surface area contributed by atoms with Gasteiger partial charge in [0.15, 0.2) is 11.5 Å². The van der Waals surface area contributed by atoms with Gasteiger partial charge in [0, 0.05) is 11.8 Å². The Labute approximate surface area is 159 Å². The Bertz CT molecular complexity index is 591. The number of Topliss-reactive ketones (excluding diaryl/α,β-unsaturated/α-hetero) is 1. The van der Waals surface area contributed by atoms with Gasteiger partial charge in [-0.25, -0.2) is 0 Å². The number of ketones is 1. The van der Waals surface area contributed by atoms with E-state index in [0.29, 0.717) is 24.4 Å². The van der Waals surface area contributed by atoms with Gasteiger partial charge in [0.1, 0.15) is 5.78 Å². The fourth-order valence-electron chi connectivity index (χ4n) is 4.02. The number of hydrogen-bond donors (Lipinski definition) is 0. The number of rotatable bonds is 11. The van der Waals surface area contributed by atoms with Crippen LogP contribution in [0.1, 0.15) is 91.0 Å². The van der Waals surface area contributed by atoms with E-state index in [-0.39, 0.29) is 5.41 Å². The van der Waals surface area contributed by atoms with Crippen molar-refractivity contribution in [1.82, 2.24) is 0 Å². The monoisotopic (exact) mass is 360 g/mol. The van der Waals surface area contributed by atoms with Crippen LogP contribution in [-0.4, -0.2) is 12.6 Å². The molecule has 1 aromatic carbocycles. The number of ether oxygens (including phenoxy) is 2. The smallest absolute Gasteiger partial charge is 0.231 e. The molecule has 0 bridgehead atoms. The van der Waals surface area contributed by atoms with Crippen LogP contribution in [0.15, 0.2) is 18.2 Å². The molecule has 3 nitrogen and oxygen atoms in total. The third-order valence-electron chi connectivity index (χ3n) is 5.78. The molecule has 0 saturated carbocycles. The molecule has 2 rings (SSSR count). The zero-order valence-electron chi connectivity index (χ0n) is 17.3. The summed E-state index contributed by atoms with van der Waals surface area (Å²) in [4.78, 5) is 12.4. The van der Waals surface area contributed by atoms with Crippen LogP contribution in [0.3, 0.4) is 0 Å². The van der Waals surface area contributed by atoms with E-state index in [9.17, 15) is 4.79 Å². The first-order valence-corrected chi connectivity index (χ1v) is 10.3. The Morgan fingerprint density at radius 1 is 1.19 bits per heavy atom. The molecule has 3 heteroatoms. The molecule has 1 heterocycles. The van der Waals surface area contributed by atoms with Crippen molar-refractivity contribution in [3.05, 3.63) is 23.8 Å². The van der Waals surface area contributed by atoms with Gasteiger partial charge in [0.2, 0.25) is 6.79 Å². The van der Waals surface area contributed by atoms with Crippen molar-refractivity contribution >= 4 is 5.78 Å². The van der Waals surface area contributed by atoms with Crippen molar-refractivity contribution in [2.45, 2.75) is 85.5 Å². The summed E-state index contributed by atoms with van der Waals surface area (Å²) in [6, 6.07) is 6.34. The Morgan fingerprint density at radius 2 is 1.92 bits per heavy atom. The van der Waals surface area contributed by atoms with E-state index >= 15 is 0 Å². The summed E-state index contributed by atoms with van der Waals surface area (Å²) in [6.07, 6.45) is 7.18. The van der Waals surface area contributed by atoms with Crippen molar-refractivity contribution in [3.63, 3.8) is 0 Å². The number of hydrogen-bond acceptors (Lipinski definition) is 3. The van der Waals surface area contributed by atoms with Gasteiger partial charge in [0.05, 0.1) is 0 Å². The molecule has 146 valence electrons. The molecule has 0 fully saturated rings. The first-order chi connectivity index (χ1) is 12.4. The third kappa shape index (κ3) is 5.49. The van der Waals surface area contributed by atoms with Crippen molar-refractivity contribution in [1.29, 1.82) is 0 Å². The molecule has 26 heavy (non-hydrogen) atoms. The summed E-state index contributed by atoms with van der Waals surface area (Å²) >= 11 is 0. The predicted molar refractivity (Wildman–Crippen MR) is 107 cm³/mol. The Morgan fingerprint density at radius 3 is 2.62 bits per heavy atom. The van der Waals surface area contributed by atoms with Crippen LogP contribution in [0.2, 0.25) is 0 Å². The molecule has 1 aromatic rings.